The second-order valence-electron chi connectivity index (χ2n) is 6.82. The average molecular weight is 457 g/mol. The van der Waals surface area contributed by atoms with Crippen LogP contribution in [0.25, 0.3) is 0 Å². The van der Waals surface area contributed by atoms with Crippen molar-refractivity contribution in [1.82, 2.24) is 10.2 Å². The molecule has 1 amide bonds. The van der Waals surface area contributed by atoms with E-state index in [4.69, 9.17) is 9.88 Å². The van der Waals surface area contributed by atoms with Crippen LogP contribution in [-0.4, -0.2) is 53.1 Å². The molecule has 2 aromatic carbocycles. The second-order valence-corrected chi connectivity index (χ2v) is 8.39. The number of carbonyl (C=O) groups excluding carboxylic acids is 1. The lowest BCUT2D eigenvalue weighted by molar-refractivity contribution is -0.122. The quantitative estimate of drug-likeness (QED) is 0.532. The summed E-state index contributed by atoms with van der Waals surface area (Å²) in [6.45, 7) is -2.04. The summed E-state index contributed by atoms with van der Waals surface area (Å²) in [4.78, 5) is 13.9. The van der Waals surface area contributed by atoms with Gasteiger partial charge in [-0.1, -0.05) is 18.2 Å². The Bertz CT molecular complexity index is 985. The van der Waals surface area contributed by atoms with Gasteiger partial charge in [0.2, 0.25) is 15.9 Å². The van der Waals surface area contributed by atoms with Gasteiger partial charge in [0.1, 0.15) is 0 Å². The molecule has 0 fully saturated rings. The number of benzene rings is 2. The summed E-state index contributed by atoms with van der Waals surface area (Å²) in [6.07, 6.45) is 0.531. The number of alkyl halides is 2. The predicted molar refractivity (Wildman–Crippen MR) is 110 cm³/mol. The number of amides is 1. The smallest absolute Gasteiger partial charge is 0.387 e. The fourth-order valence-electron chi connectivity index (χ4n) is 2.86. The van der Waals surface area contributed by atoms with Gasteiger partial charge in [0.15, 0.2) is 11.5 Å². The Morgan fingerprint density at radius 2 is 1.77 bits per heavy atom. The van der Waals surface area contributed by atoms with E-state index in [2.05, 4.69) is 10.1 Å². The fourth-order valence-corrected chi connectivity index (χ4v) is 3.38. The highest BCUT2D eigenvalue weighted by atomic mass is 32.2. The largest absolute Gasteiger partial charge is 0.493 e. The van der Waals surface area contributed by atoms with Gasteiger partial charge < -0.3 is 14.8 Å². The number of ether oxygens (including phenoxy) is 2. The Kier molecular flexibility index (Phi) is 8.72. The summed E-state index contributed by atoms with van der Waals surface area (Å²) in [5.74, 6) is -0.0591. The Morgan fingerprint density at radius 3 is 2.35 bits per heavy atom. The van der Waals surface area contributed by atoms with Crippen LogP contribution in [0.3, 0.4) is 0 Å². The van der Waals surface area contributed by atoms with Gasteiger partial charge >= 0.3 is 6.61 Å². The monoisotopic (exact) mass is 457 g/mol. The zero-order valence-electron chi connectivity index (χ0n) is 17.2. The molecule has 0 spiro atoms. The van der Waals surface area contributed by atoms with Crippen molar-refractivity contribution in [2.75, 3.05) is 27.2 Å². The minimum atomic E-state index is -3.73. The third kappa shape index (κ3) is 8.12. The molecule has 11 heteroatoms. The fraction of sp³-hybridized carbons (Fsp3) is 0.350. The lowest BCUT2D eigenvalue weighted by Gasteiger charge is -2.18. The molecule has 0 bridgehead atoms. The lowest BCUT2D eigenvalue weighted by atomic mass is 10.1. The number of nitrogens with two attached hydrogens (primary N) is 1. The molecule has 8 nitrogen and oxygen atoms in total. The zero-order valence-corrected chi connectivity index (χ0v) is 18.0. The number of methoxy groups -OCH3 is 1. The highest BCUT2D eigenvalue weighted by Crippen LogP contribution is 2.29. The number of nitrogens with one attached hydrogen (secondary N) is 1. The Balaban J connectivity index is 1.80. The number of primary sulfonamides is 1. The van der Waals surface area contributed by atoms with Gasteiger partial charge in [0.05, 0.1) is 18.6 Å². The van der Waals surface area contributed by atoms with E-state index in [1.54, 1.807) is 36.2 Å². The molecule has 3 N–H and O–H groups in total. The van der Waals surface area contributed by atoms with Gasteiger partial charge in [0, 0.05) is 13.1 Å². The third-order valence-corrected chi connectivity index (χ3v) is 5.23. The van der Waals surface area contributed by atoms with Crippen molar-refractivity contribution in [1.29, 1.82) is 0 Å². The summed E-state index contributed by atoms with van der Waals surface area (Å²) in [6, 6.07) is 10.7. The van der Waals surface area contributed by atoms with Crippen molar-refractivity contribution >= 4 is 15.9 Å². The van der Waals surface area contributed by atoms with Gasteiger partial charge in [-0.2, -0.15) is 8.78 Å². The maximum atomic E-state index is 12.4. The van der Waals surface area contributed by atoms with Gasteiger partial charge in [0.25, 0.3) is 0 Å². The zero-order chi connectivity index (χ0) is 23.0. The van der Waals surface area contributed by atoms with E-state index >= 15 is 0 Å². The normalized spacial score (nSPS) is 11.6. The van der Waals surface area contributed by atoms with E-state index in [1.807, 2.05) is 0 Å². The molecule has 2 rings (SSSR count). The van der Waals surface area contributed by atoms with Crippen LogP contribution in [0.4, 0.5) is 8.78 Å². The van der Waals surface area contributed by atoms with E-state index in [-0.39, 0.29) is 28.8 Å². The van der Waals surface area contributed by atoms with Crippen molar-refractivity contribution in [2.45, 2.75) is 24.5 Å². The van der Waals surface area contributed by atoms with Crippen LogP contribution in [0.1, 0.15) is 11.1 Å². The summed E-state index contributed by atoms with van der Waals surface area (Å²) in [7, 11) is -0.619. The van der Waals surface area contributed by atoms with Crippen LogP contribution >= 0.6 is 0 Å². The molecule has 0 aliphatic heterocycles. The maximum Gasteiger partial charge on any atom is 0.387 e. The first-order valence-electron chi connectivity index (χ1n) is 9.27. The third-order valence-electron chi connectivity index (χ3n) is 4.30. The molecule has 0 aliphatic carbocycles. The Hall–Kier alpha value is -2.76. The number of sulfonamides is 1. The molecule has 0 atom stereocenters. The van der Waals surface area contributed by atoms with Crippen LogP contribution in [-0.2, 0) is 27.8 Å². The second kappa shape index (κ2) is 11.0. The number of rotatable bonds is 11. The number of carbonyl (C=O) groups is 1. The molecular formula is C20H25F2N3O5S. The standard InChI is InChI=1S/C20H25F2N3O5S/c1-25(12-15-5-8-17(30-20(21)22)18(11-15)29-2)13-19(26)24-10-9-14-3-6-16(7-4-14)31(23,27)28/h3-8,11,20H,9-10,12-13H2,1-2H3,(H,24,26)(H2,23,27,28). The molecule has 170 valence electrons. The van der Waals surface area contributed by atoms with Crippen LogP contribution in [0.5, 0.6) is 11.5 Å². The molecular weight excluding hydrogens is 432 g/mol. The summed E-state index contributed by atoms with van der Waals surface area (Å²) in [5.41, 5.74) is 1.63. The van der Waals surface area contributed by atoms with Crippen molar-refractivity contribution < 1.29 is 31.5 Å². The van der Waals surface area contributed by atoms with E-state index in [1.165, 1.54) is 25.3 Å². The molecule has 0 heterocycles. The summed E-state index contributed by atoms with van der Waals surface area (Å²) < 4.78 is 56.8. The van der Waals surface area contributed by atoms with Crippen LogP contribution < -0.4 is 19.9 Å². The Labute approximate surface area is 180 Å². The van der Waals surface area contributed by atoms with E-state index < -0.39 is 16.6 Å². The number of halogens is 2. The summed E-state index contributed by atoms with van der Waals surface area (Å²) in [5, 5.41) is 7.85. The molecule has 2 aromatic rings. The van der Waals surface area contributed by atoms with Crippen LogP contribution in [0, 0.1) is 0 Å². The molecule has 0 saturated heterocycles. The van der Waals surface area contributed by atoms with Crippen molar-refractivity contribution in [3.05, 3.63) is 53.6 Å². The van der Waals surface area contributed by atoms with Gasteiger partial charge in [-0.15, -0.1) is 0 Å². The SMILES string of the molecule is COc1cc(CN(C)CC(=O)NCCc2ccc(S(N)(=O)=O)cc2)ccc1OC(F)F. The Morgan fingerprint density at radius 1 is 1.13 bits per heavy atom. The van der Waals surface area contributed by atoms with Crippen molar-refractivity contribution in [3.63, 3.8) is 0 Å². The van der Waals surface area contributed by atoms with E-state index in [0.29, 0.717) is 19.5 Å². The van der Waals surface area contributed by atoms with Gasteiger partial charge in [-0.3, -0.25) is 9.69 Å². The van der Waals surface area contributed by atoms with Gasteiger partial charge in [-0.25, -0.2) is 13.6 Å². The first-order chi connectivity index (χ1) is 14.6. The average Bonchev–Trinajstić information content (AvgIpc) is 2.68. The molecule has 0 saturated carbocycles. The summed E-state index contributed by atoms with van der Waals surface area (Å²) >= 11 is 0. The first-order valence-corrected chi connectivity index (χ1v) is 10.8. The van der Waals surface area contributed by atoms with Crippen molar-refractivity contribution in [2.24, 2.45) is 5.14 Å². The van der Waals surface area contributed by atoms with Crippen LogP contribution in [0.15, 0.2) is 47.4 Å². The number of hydrogen-bond donors (Lipinski definition) is 2. The van der Waals surface area contributed by atoms with Crippen LogP contribution in [0.2, 0.25) is 0 Å². The van der Waals surface area contributed by atoms with E-state index in [9.17, 15) is 22.0 Å². The number of hydrogen-bond acceptors (Lipinski definition) is 6. The van der Waals surface area contributed by atoms with E-state index in [0.717, 1.165) is 11.1 Å². The highest BCUT2D eigenvalue weighted by Gasteiger charge is 2.13. The number of nitrogens with zero attached hydrogens (tertiary/aromatic N) is 1. The molecule has 0 aromatic heterocycles. The topological polar surface area (TPSA) is 111 Å². The van der Waals surface area contributed by atoms with Crippen molar-refractivity contribution in [3.8, 4) is 11.5 Å². The lowest BCUT2D eigenvalue weighted by Crippen LogP contribution is -2.35. The predicted octanol–water partition coefficient (Wildman–Crippen LogP) is 1.73. The molecule has 0 aliphatic rings. The molecule has 0 radical (unpaired) electrons. The minimum Gasteiger partial charge on any atom is -0.493 e. The highest BCUT2D eigenvalue weighted by molar-refractivity contribution is 7.89. The number of likely N-dealkylation sites (N-methyl/N-ethyl adjacent to an activating group) is 1. The maximum absolute atomic E-state index is 12.4. The molecule has 31 heavy (non-hydrogen) atoms. The minimum absolute atomic E-state index is 0.0346. The first kappa shape index (κ1) is 24.5. The van der Waals surface area contributed by atoms with Gasteiger partial charge in [-0.05, 0) is 48.9 Å². The molecule has 0 unspecified atom stereocenters.